The third kappa shape index (κ3) is 4.45. The summed E-state index contributed by atoms with van der Waals surface area (Å²) in [5, 5.41) is 2.46. The van der Waals surface area contributed by atoms with Crippen LogP contribution in [-0.4, -0.2) is 49.2 Å². The Morgan fingerprint density at radius 2 is 2.32 bits per heavy atom. The Balaban J connectivity index is 1.96. The van der Waals surface area contributed by atoms with E-state index >= 15 is 0 Å². The second-order valence-corrected chi connectivity index (χ2v) is 6.15. The summed E-state index contributed by atoms with van der Waals surface area (Å²) in [6.45, 7) is 3.57. The number of nitrogens with one attached hydrogen (secondary N) is 1. The van der Waals surface area contributed by atoms with Crippen LogP contribution in [0.2, 0.25) is 0 Å². The van der Waals surface area contributed by atoms with Gasteiger partial charge >= 0.3 is 0 Å². The number of carbonyl (C=O) groups excluding carboxylic acids is 1. The second kappa shape index (κ2) is 7.45. The minimum Gasteiger partial charge on any atom is -0.374 e. The van der Waals surface area contributed by atoms with Crippen molar-refractivity contribution in [2.75, 3.05) is 31.6 Å². The third-order valence-corrected chi connectivity index (χ3v) is 4.03. The van der Waals surface area contributed by atoms with Gasteiger partial charge in [-0.25, -0.2) is 8.78 Å². The Morgan fingerprint density at radius 1 is 1.59 bits per heavy atom. The smallest absolute Gasteiger partial charge is 0.238 e. The highest BCUT2D eigenvalue weighted by molar-refractivity contribution is 9.10. The van der Waals surface area contributed by atoms with Crippen molar-refractivity contribution in [3.05, 3.63) is 28.2 Å². The minimum atomic E-state index is -0.823. The fraction of sp³-hybridized carbons (Fsp3) is 0.500. The fourth-order valence-corrected chi connectivity index (χ4v) is 2.74. The molecule has 8 heteroatoms. The summed E-state index contributed by atoms with van der Waals surface area (Å²) in [4.78, 5) is 13.9. The summed E-state index contributed by atoms with van der Waals surface area (Å²) in [6.07, 6.45) is -0.129. The van der Waals surface area contributed by atoms with Crippen molar-refractivity contribution >= 4 is 27.5 Å². The molecule has 1 heterocycles. The molecule has 1 aromatic carbocycles. The van der Waals surface area contributed by atoms with Gasteiger partial charge in [0.05, 0.1) is 24.9 Å². The van der Waals surface area contributed by atoms with Crippen LogP contribution >= 0.6 is 15.9 Å². The number of hydrogen-bond donors (Lipinski definition) is 2. The van der Waals surface area contributed by atoms with Crippen LogP contribution in [0, 0.1) is 11.6 Å². The Morgan fingerprint density at radius 3 is 2.95 bits per heavy atom. The predicted molar refractivity (Wildman–Crippen MR) is 82.5 cm³/mol. The molecule has 1 fully saturated rings. The summed E-state index contributed by atoms with van der Waals surface area (Å²) >= 11 is 3.04. The Kier molecular flexibility index (Phi) is 5.85. The Bertz CT molecular complexity index is 534. The summed E-state index contributed by atoms with van der Waals surface area (Å²) in [5.41, 5.74) is 5.73. The van der Waals surface area contributed by atoms with Crippen molar-refractivity contribution in [1.82, 2.24) is 4.90 Å². The summed E-state index contributed by atoms with van der Waals surface area (Å²) in [7, 11) is 0. The average Bonchev–Trinajstić information content (AvgIpc) is 2.43. The van der Waals surface area contributed by atoms with Crippen LogP contribution < -0.4 is 11.1 Å². The molecule has 2 rings (SSSR count). The number of halogens is 3. The van der Waals surface area contributed by atoms with Gasteiger partial charge in [-0.1, -0.05) is 0 Å². The maximum Gasteiger partial charge on any atom is 0.238 e. The minimum absolute atomic E-state index is 0.0663. The van der Waals surface area contributed by atoms with E-state index in [9.17, 15) is 13.6 Å². The molecule has 0 bridgehead atoms. The first-order chi connectivity index (χ1) is 10.4. The van der Waals surface area contributed by atoms with Crippen LogP contribution in [-0.2, 0) is 9.53 Å². The molecule has 122 valence electrons. The van der Waals surface area contributed by atoms with Gasteiger partial charge in [0, 0.05) is 29.7 Å². The molecular weight excluding hydrogens is 360 g/mol. The van der Waals surface area contributed by atoms with Crippen molar-refractivity contribution in [3.8, 4) is 0 Å². The molecular formula is C14H18BrF2N3O2. The van der Waals surface area contributed by atoms with Gasteiger partial charge in [0.2, 0.25) is 5.91 Å². The maximum absolute atomic E-state index is 13.7. The van der Waals surface area contributed by atoms with Crippen LogP contribution in [0.4, 0.5) is 14.5 Å². The van der Waals surface area contributed by atoms with Crippen LogP contribution in [0.5, 0.6) is 0 Å². The monoisotopic (exact) mass is 377 g/mol. The number of nitrogens with two attached hydrogens (primary N) is 1. The van der Waals surface area contributed by atoms with Crippen molar-refractivity contribution < 1.29 is 18.3 Å². The number of ether oxygens (including phenoxy) is 1. The van der Waals surface area contributed by atoms with E-state index in [0.29, 0.717) is 19.7 Å². The largest absolute Gasteiger partial charge is 0.374 e. The molecule has 1 saturated heterocycles. The summed E-state index contributed by atoms with van der Waals surface area (Å²) in [5.74, 6) is -1.91. The molecule has 1 amide bonds. The van der Waals surface area contributed by atoms with Gasteiger partial charge in [-0.2, -0.15) is 0 Å². The van der Waals surface area contributed by atoms with Crippen molar-refractivity contribution in [2.24, 2.45) is 5.73 Å². The van der Waals surface area contributed by atoms with E-state index < -0.39 is 11.6 Å². The van der Waals surface area contributed by atoms with E-state index in [1.165, 1.54) is 0 Å². The quantitative estimate of drug-likeness (QED) is 0.838. The topological polar surface area (TPSA) is 67.6 Å². The number of anilines is 1. The third-order valence-electron chi connectivity index (χ3n) is 3.40. The predicted octanol–water partition coefficient (Wildman–Crippen LogP) is 1.71. The van der Waals surface area contributed by atoms with Gasteiger partial charge in [-0.3, -0.25) is 9.69 Å². The number of rotatable bonds is 4. The molecule has 2 atom stereocenters. The zero-order valence-corrected chi connectivity index (χ0v) is 13.7. The normalized spacial score (nSPS) is 20.7. The number of carbonyl (C=O) groups is 1. The first-order valence-electron chi connectivity index (χ1n) is 6.90. The zero-order valence-electron chi connectivity index (χ0n) is 12.1. The van der Waals surface area contributed by atoms with Gasteiger partial charge in [-0.05, 0) is 28.9 Å². The lowest BCUT2D eigenvalue weighted by molar-refractivity contribution is -0.119. The van der Waals surface area contributed by atoms with E-state index in [1.54, 1.807) is 0 Å². The molecule has 1 aliphatic heterocycles. The van der Waals surface area contributed by atoms with E-state index in [-0.39, 0.29) is 34.8 Å². The first kappa shape index (κ1) is 17.3. The highest BCUT2D eigenvalue weighted by atomic mass is 79.9. The van der Waals surface area contributed by atoms with Gasteiger partial charge in [0.1, 0.15) is 5.82 Å². The highest BCUT2D eigenvalue weighted by Crippen LogP contribution is 2.26. The number of morpholine rings is 1. The van der Waals surface area contributed by atoms with Gasteiger partial charge in [0.25, 0.3) is 0 Å². The van der Waals surface area contributed by atoms with E-state index in [4.69, 9.17) is 10.5 Å². The molecule has 1 aliphatic rings. The van der Waals surface area contributed by atoms with E-state index in [0.717, 1.165) is 12.1 Å². The lowest BCUT2D eigenvalue weighted by Gasteiger charge is -2.34. The first-order valence-corrected chi connectivity index (χ1v) is 7.70. The molecule has 0 spiro atoms. The number of amides is 1. The molecule has 0 saturated carbocycles. The lowest BCUT2D eigenvalue weighted by Crippen LogP contribution is -2.51. The fourth-order valence-electron chi connectivity index (χ4n) is 2.24. The van der Waals surface area contributed by atoms with Gasteiger partial charge < -0.3 is 15.8 Å². The van der Waals surface area contributed by atoms with Crippen LogP contribution in [0.3, 0.4) is 0 Å². The maximum atomic E-state index is 13.7. The SMILES string of the molecule is CC(N)C1CN(CC(=O)Nc2c(F)cc(F)cc2Br)CCO1. The molecule has 1 aromatic rings. The molecule has 3 N–H and O–H groups in total. The van der Waals surface area contributed by atoms with Crippen LogP contribution in [0.1, 0.15) is 6.92 Å². The number of nitrogens with zero attached hydrogens (tertiary/aromatic N) is 1. The molecule has 0 aromatic heterocycles. The standard InChI is InChI=1S/C14H18BrF2N3O2/c1-8(18)12-6-20(2-3-22-12)7-13(21)19-14-10(15)4-9(16)5-11(14)17/h4-5,8,12H,2-3,6-7,18H2,1H3,(H,19,21). The summed E-state index contributed by atoms with van der Waals surface area (Å²) < 4.78 is 32.4. The molecule has 22 heavy (non-hydrogen) atoms. The van der Waals surface area contributed by atoms with Gasteiger partial charge in [0.15, 0.2) is 5.82 Å². The van der Waals surface area contributed by atoms with Crippen molar-refractivity contribution in [1.29, 1.82) is 0 Å². The molecule has 5 nitrogen and oxygen atoms in total. The van der Waals surface area contributed by atoms with E-state index in [2.05, 4.69) is 21.2 Å². The Labute approximate surface area is 135 Å². The lowest BCUT2D eigenvalue weighted by atomic mass is 10.1. The number of benzene rings is 1. The van der Waals surface area contributed by atoms with E-state index in [1.807, 2.05) is 11.8 Å². The second-order valence-electron chi connectivity index (χ2n) is 5.30. The van der Waals surface area contributed by atoms with Crippen LogP contribution in [0.15, 0.2) is 16.6 Å². The molecule has 0 aliphatic carbocycles. The average molecular weight is 378 g/mol. The van der Waals surface area contributed by atoms with Crippen molar-refractivity contribution in [3.63, 3.8) is 0 Å². The molecule has 2 unspecified atom stereocenters. The highest BCUT2D eigenvalue weighted by Gasteiger charge is 2.25. The number of hydrogen-bond acceptors (Lipinski definition) is 4. The zero-order chi connectivity index (χ0) is 16.3. The summed E-state index contributed by atoms with van der Waals surface area (Å²) in [6, 6.07) is 1.69. The van der Waals surface area contributed by atoms with Gasteiger partial charge in [-0.15, -0.1) is 0 Å². The Hall–Kier alpha value is -1.09. The van der Waals surface area contributed by atoms with Crippen molar-refractivity contribution in [2.45, 2.75) is 19.1 Å². The molecule has 0 radical (unpaired) electrons. The van der Waals surface area contributed by atoms with Crippen LogP contribution in [0.25, 0.3) is 0 Å².